The molecule has 2 rings (SSSR count). The van der Waals surface area contributed by atoms with Crippen molar-refractivity contribution in [3.8, 4) is 11.1 Å². The Labute approximate surface area is 123 Å². The Morgan fingerprint density at radius 3 is 2.32 bits per heavy atom. The highest BCUT2D eigenvalue weighted by molar-refractivity contribution is 6.39. The molecule has 3 nitrogen and oxygen atoms in total. The molecule has 0 bridgehead atoms. The highest BCUT2D eigenvalue weighted by Gasteiger charge is 2.20. The Morgan fingerprint density at radius 1 is 1.21 bits per heavy atom. The Bertz CT molecular complexity index is 583. The fraction of sp³-hybridized carbons (Fsp3) is 0.357. The molecule has 0 saturated carbocycles. The Hall–Kier alpha value is -1.19. The van der Waals surface area contributed by atoms with Crippen molar-refractivity contribution < 1.29 is 0 Å². The van der Waals surface area contributed by atoms with E-state index in [1.54, 1.807) is 4.68 Å². The van der Waals surface area contributed by atoms with Crippen LogP contribution in [-0.2, 0) is 13.5 Å². The molecule has 2 aromatic rings. The van der Waals surface area contributed by atoms with E-state index in [-0.39, 0.29) is 0 Å². The van der Waals surface area contributed by atoms with Gasteiger partial charge in [0.25, 0.3) is 0 Å². The van der Waals surface area contributed by atoms with E-state index in [1.807, 2.05) is 25.2 Å². The zero-order valence-corrected chi connectivity index (χ0v) is 12.8. The molecule has 0 unspecified atom stereocenters. The Morgan fingerprint density at radius 2 is 1.79 bits per heavy atom. The molecule has 0 aliphatic heterocycles. The van der Waals surface area contributed by atoms with Crippen molar-refractivity contribution in [2.75, 3.05) is 5.73 Å². The summed E-state index contributed by atoms with van der Waals surface area (Å²) >= 11 is 12.6. The Kier molecular flexibility index (Phi) is 4.07. The second-order valence-corrected chi connectivity index (χ2v) is 5.84. The van der Waals surface area contributed by atoms with Crippen molar-refractivity contribution in [3.05, 3.63) is 33.9 Å². The maximum absolute atomic E-state index is 6.28. The maximum Gasteiger partial charge on any atom is 0.129 e. The minimum Gasteiger partial charge on any atom is -0.383 e. The van der Waals surface area contributed by atoms with Crippen LogP contribution >= 0.6 is 23.2 Å². The number of aryl methyl sites for hydroxylation is 1. The highest BCUT2D eigenvalue weighted by Crippen LogP contribution is 2.40. The summed E-state index contributed by atoms with van der Waals surface area (Å²) < 4.78 is 1.67. The van der Waals surface area contributed by atoms with Crippen molar-refractivity contribution in [1.29, 1.82) is 0 Å². The van der Waals surface area contributed by atoms with Gasteiger partial charge in [-0.3, -0.25) is 4.68 Å². The van der Waals surface area contributed by atoms with Gasteiger partial charge in [-0.25, -0.2) is 0 Å². The average Bonchev–Trinajstić information content (AvgIpc) is 2.56. The van der Waals surface area contributed by atoms with Gasteiger partial charge in [-0.2, -0.15) is 5.10 Å². The molecule has 0 radical (unpaired) electrons. The normalized spacial score (nSPS) is 11.3. The van der Waals surface area contributed by atoms with Gasteiger partial charge in [0.15, 0.2) is 0 Å². The highest BCUT2D eigenvalue weighted by atomic mass is 35.5. The van der Waals surface area contributed by atoms with Crippen molar-refractivity contribution in [2.24, 2.45) is 13.0 Å². The average molecular weight is 298 g/mol. The van der Waals surface area contributed by atoms with E-state index in [4.69, 9.17) is 28.9 Å². The van der Waals surface area contributed by atoms with Crippen molar-refractivity contribution in [3.63, 3.8) is 0 Å². The van der Waals surface area contributed by atoms with Crippen LogP contribution in [0.2, 0.25) is 10.0 Å². The molecule has 0 amide bonds. The summed E-state index contributed by atoms with van der Waals surface area (Å²) in [6, 6.07) is 5.45. The summed E-state index contributed by atoms with van der Waals surface area (Å²) in [7, 11) is 1.83. The van der Waals surface area contributed by atoms with E-state index in [0.717, 1.165) is 23.2 Å². The number of rotatable bonds is 3. The number of hydrogen-bond acceptors (Lipinski definition) is 2. The number of nitrogens with two attached hydrogens (primary N) is 1. The van der Waals surface area contributed by atoms with Crippen LogP contribution in [0.5, 0.6) is 0 Å². The third kappa shape index (κ3) is 2.72. The van der Waals surface area contributed by atoms with E-state index in [0.29, 0.717) is 21.8 Å². The van der Waals surface area contributed by atoms with Crippen LogP contribution in [0.25, 0.3) is 11.1 Å². The molecule has 19 heavy (non-hydrogen) atoms. The standard InChI is InChI=1S/C14H17Cl2N3/c1-8(2)7-11-13(14(17)19(3)18-11)12-9(15)5-4-6-10(12)16/h4-6,8H,7,17H2,1-3H3. The lowest BCUT2D eigenvalue weighted by Crippen LogP contribution is -1.98. The zero-order chi connectivity index (χ0) is 14.2. The maximum atomic E-state index is 6.28. The molecule has 1 heterocycles. The first-order valence-electron chi connectivity index (χ1n) is 6.17. The fourth-order valence-electron chi connectivity index (χ4n) is 2.13. The predicted molar refractivity (Wildman–Crippen MR) is 81.6 cm³/mol. The molecule has 5 heteroatoms. The van der Waals surface area contributed by atoms with Crippen LogP contribution < -0.4 is 5.73 Å². The molecule has 1 aromatic carbocycles. The van der Waals surface area contributed by atoms with Crippen molar-refractivity contribution in [1.82, 2.24) is 9.78 Å². The quantitative estimate of drug-likeness (QED) is 0.924. The number of nitrogens with zero attached hydrogens (tertiary/aromatic N) is 2. The number of aromatic nitrogens is 2. The number of benzene rings is 1. The number of hydrogen-bond donors (Lipinski definition) is 1. The second-order valence-electron chi connectivity index (χ2n) is 5.03. The summed E-state index contributed by atoms with van der Waals surface area (Å²) in [6.45, 7) is 4.28. The van der Waals surface area contributed by atoms with Crippen LogP contribution in [0.1, 0.15) is 19.5 Å². The van der Waals surface area contributed by atoms with E-state index in [2.05, 4.69) is 18.9 Å². The molecule has 1 aromatic heterocycles. The third-order valence-electron chi connectivity index (χ3n) is 2.98. The van der Waals surface area contributed by atoms with Crippen LogP contribution in [0.15, 0.2) is 18.2 Å². The first-order valence-corrected chi connectivity index (χ1v) is 6.93. The van der Waals surface area contributed by atoms with Gasteiger partial charge in [0, 0.05) is 18.2 Å². The zero-order valence-electron chi connectivity index (χ0n) is 11.2. The molecule has 0 saturated heterocycles. The fourth-order valence-corrected chi connectivity index (χ4v) is 2.72. The summed E-state index contributed by atoms with van der Waals surface area (Å²) in [5.41, 5.74) is 8.69. The number of anilines is 1. The van der Waals surface area contributed by atoms with Gasteiger partial charge in [0.05, 0.1) is 15.7 Å². The van der Waals surface area contributed by atoms with Gasteiger partial charge in [-0.1, -0.05) is 43.1 Å². The van der Waals surface area contributed by atoms with Crippen molar-refractivity contribution in [2.45, 2.75) is 20.3 Å². The van der Waals surface area contributed by atoms with Crippen LogP contribution in [0.4, 0.5) is 5.82 Å². The predicted octanol–water partition coefficient (Wildman–Crippen LogP) is 4.17. The van der Waals surface area contributed by atoms with Crippen LogP contribution in [-0.4, -0.2) is 9.78 Å². The van der Waals surface area contributed by atoms with E-state index < -0.39 is 0 Å². The molecule has 0 aliphatic rings. The van der Waals surface area contributed by atoms with Gasteiger partial charge in [-0.05, 0) is 24.5 Å². The number of nitrogen functional groups attached to an aromatic ring is 1. The van der Waals surface area contributed by atoms with Crippen molar-refractivity contribution >= 4 is 29.0 Å². The van der Waals surface area contributed by atoms with Gasteiger partial charge < -0.3 is 5.73 Å². The molecule has 102 valence electrons. The van der Waals surface area contributed by atoms with E-state index in [9.17, 15) is 0 Å². The second kappa shape index (κ2) is 5.43. The molecular weight excluding hydrogens is 281 g/mol. The minimum absolute atomic E-state index is 0.481. The summed E-state index contributed by atoms with van der Waals surface area (Å²) in [6.07, 6.45) is 0.835. The third-order valence-corrected chi connectivity index (χ3v) is 3.61. The van der Waals surface area contributed by atoms with Gasteiger partial charge >= 0.3 is 0 Å². The SMILES string of the molecule is CC(C)Cc1nn(C)c(N)c1-c1c(Cl)cccc1Cl. The van der Waals surface area contributed by atoms with E-state index >= 15 is 0 Å². The van der Waals surface area contributed by atoms with Crippen LogP contribution in [0, 0.1) is 5.92 Å². The Balaban J connectivity index is 2.67. The van der Waals surface area contributed by atoms with Gasteiger partial charge in [0.1, 0.15) is 5.82 Å². The summed E-state index contributed by atoms with van der Waals surface area (Å²) in [4.78, 5) is 0. The molecular formula is C14H17Cl2N3. The lowest BCUT2D eigenvalue weighted by Gasteiger charge is -2.09. The van der Waals surface area contributed by atoms with Crippen LogP contribution in [0.3, 0.4) is 0 Å². The minimum atomic E-state index is 0.481. The first kappa shape index (κ1) is 14.2. The van der Waals surface area contributed by atoms with E-state index in [1.165, 1.54) is 0 Å². The molecule has 2 N–H and O–H groups in total. The van der Waals surface area contributed by atoms with Gasteiger partial charge in [0.2, 0.25) is 0 Å². The largest absolute Gasteiger partial charge is 0.383 e. The molecule has 0 aliphatic carbocycles. The lowest BCUT2D eigenvalue weighted by atomic mass is 9.99. The smallest absolute Gasteiger partial charge is 0.129 e. The lowest BCUT2D eigenvalue weighted by molar-refractivity contribution is 0.622. The molecule has 0 fully saturated rings. The van der Waals surface area contributed by atoms with Gasteiger partial charge in [-0.15, -0.1) is 0 Å². The summed E-state index contributed by atoms with van der Waals surface area (Å²) in [5.74, 6) is 1.07. The number of halogens is 2. The molecule has 0 atom stereocenters. The monoisotopic (exact) mass is 297 g/mol. The summed E-state index contributed by atoms with van der Waals surface area (Å²) in [5, 5.41) is 5.67. The first-order chi connectivity index (χ1) is 8.91. The topological polar surface area (TPSA) is 43.8 Å². The molecule has 0 spiro atoms.